The molecule has 1 N–H and O–H groups in total. The molecule has 3 heterocycles. The highest BCUT2D eigenvalue weighted by Gasteiger charge is 2.33. The van der Waals surface area contributed by atoms with E-state index in [2.05, 4.69) is 23.4 Å². The van der Waals surface area contributed by atoms with Crippen LogP contribution in [0.4, 0.5) is 4.39 Å². The lowest BCUT2D eigenvalue weighted by Gasteiger charge is -2.13. The van der Waals surface area contributed by atoms with Gasteiger partial charge in [-0.3, -0.25) is 9.78 Å². The van der Waals surface area contributed by atoms with Gasteiger partial charge in [-0.05, 0) is 36.1 Å². The fraction of sp³-hybridized carbons (Fsp3) is 0.333. The van der Waals surface area contributed by atoms with Crippen LogP contribution in [0.3, 0.4) is 0 Å². The standard InChI is InChI=1S/C21H20ClFN2O2S/c1-11(2)14-9-24-10-16-19(14)21(28-17-4-3-13(23)8-15(17)22)20-12(7-18(26)27)5-6-25(16)20/h3-4,8-12H,5-7H2,1-2H3,(H,26,27). The summed E-state index contributed by atoms with van der Waals surface area (Å²) in [6, 6.07) is 4.38. The van der Waals surface area contributed by atoms with Gasteiger partial charge in [-0.2, -0.15) is 0 Å². The van der Waals surface area contributed by atoms with Gasteiger partial charge in [-0.1, -0.05) is 37.2 Å². The number of nitrogens with zero attached hydrogens (tertiary/aromatic N) is 2. The molecule has 1 unspecified atom stereocenters. The molecule has 0 saturated carbocycles. The summed E-state index contributed by atoms with van der Waals surface area (Å²) in [5.41, 5.74) is 3.17. The van der Waals surface area contributed by atoms with Crippen molar-refractivity contribution in [3.05, 3.63) is 52.7 Å². The van der Waals surface area contributed by atoms with Crippen molar-refractivity contribution >= 4 is 40.2 Å². The van der Waals surface area contributed by atoms with Crippen LogP contribution in [-0.4, -0.2) is 20.6 Å². The van der Waals surface area contributed by atoms with Crippen molar-refractivity contribution in [3.63, 3.8) is 0 Å². The monoisotopic (exact) mass is 418 g/mol. The number of carbonyl (C=O) groups is 1. The smallest absolute Gasteiger partial charge is 0.304 e. The van der Waals surface area contributed by atoms with E-state index in [1.165, 1.54) is 23.9 Å². The topological polar surface area (TPSA) is 55.1 Å². The third-order valence-corrected chi connectivity index (χ3v) is 6.85. The number of aliphatic carboxylic acids is 1. The molecule has 0 amide bonds. The number of halogens is 2. The first-order valence-electron chi connectivity index (χ1n) is 9.21. The van der Waals surface area contributed by atoms with Gasteiger partial charge >= 0.3 is 5.97 Å². The molecule has 0 spiro atoms. The average Bonchev–Trinajstić information content (AvgIpc) is 3.16. The number of hydrogen-bond donors (Lipinski definition) is 1. The number of aryl methyl sites for hydroxylation is 1. The second-order valence-electron chi connectivity index (χ2n) is 7.40. The first-order chi connectivity index (χ1) is 13.4. The van der Waals surface area contributed by atoms with Crippen LogP contribution in [0.2, 0.25) is 5.02 Å². The van der Waals surface area contributed by atoms with Gasteiger partial charge in [0.05, 0.1) is 23.2 Å². The van der Waals surface area contributed by atoms with Crippen LogP contribution >= 0.6 is 23.4 Å². The Labute approximate surface area is 171 Å². The SMILES string of the molecule is CC(C)c1cncc2c1c(Sc1ccc(F)cc1Cl)c1n2CCC1CC(=O)O. The Balaban J connectivity index is 1.95. The molecule has 1 aliphatic heterocycles. The zero-order chi connectivity index (χ0) is 20.0. The molecule has 1 aromatic carbocycles. The third-order valence-electron chi connectivity index (χ3n) is 5.23. The first kappa shape index (κ1) is 19.3. The lowest BCUT2D eigenvalue weighted by Crippen LogP contribution is -2.04. The van der Waals surface area contributed by atoms with Gasteiger partial charge in [0.2, 0.25) is 0 Å². The second kappa shape index (κ2) is 7.41. The number of hydrogen-bond acceptors (Lipinski definition) is 3. The van der Waals surface area contributed by atoms with Gasteiger partial charge in [-0.25, -0.2) is 4.39 Å². The molecule has 0 aliphatic carbocycles. The van der Waals surface area contributed by atoms with E-state index < -0.39 is 5.97 Å². The Morgan fingerprint density at radius 1 is 1.43 bits per heavy atom. The molecule has 4 nitrogen and oxygen atoms in total. The molecule has 7 heteroatoms. The molecule has 0 bridgehead atoms. The molecule has 1 aliphatic rings. The minimum Gasteiger partial charge on any atom is -0.481 e. The summed E-state index contributed by atoms with van der Waals surface area (Å²) in [6.45, 7) is 5.01. The Bertz CT molecular complexity index is 1080. The molecule has 1 atom stereocenters. The Morgan fingerprint density at radius 2 is 2.21 bits per heavy atom. The minimum absolute atomic E-state index is 0.0633. The van der Waals surface area contributed by atoms with Gasteiger partial charge in [0.15, 0.2) is 0 Å². The van der Waals surface area contributed by atoms with E-state index in [9.17, 15) is 14.3 Å². The van der Waals surface area contributed by atoms with Crippen molar-refractivity contribution in [3.8, 4) is 0 Å². The maximum atomic E-state index is 13.5. The fourth-order valence-electron chi connectivity index (χ4n) is 3.98. The van der Waals surface area contributed by atoms with E-state index in [-0.39, 0.29) is 24.1 Å². The molecule has 146 valence electrons. The summed E-state index contributed by atoms with van der Waals surface area (Å²) in [7, 11) is 0. The number of carboxylic acids is 1. The van der Waals surface area contributed by atoms with Crippen LogP contribution in [-0.2, 0) is 11.3 Å². The number of aromatic nitrogens is 2. The van der Waals surface area contributed by atoms with E-state index >= 15 is 0 Å². The summed E-state index contributed by atoms with van der Waals surface area (Å²) >= 11 is 7.78. The maximum absolute atomic E-state index is 13.5. The van der Waals surface area contributed by atoms with Crippen molar-refractivity contribution in [1.29, 1.82) is 0 Å². The van der Waals surface area contributed by atoms with Crippen molar-refractivity contribution in [2.24, 2.45) is 0 Å². The zero-order valence-corrected chi connectivity index (χ0v) is 17.1. The Hall–Kier alpha value is -2.05. The Morgan fingerprint density at radius 3 is 2.89 bits per heavy atom. The quantitative estimate of drug-likeness (QED) is 0.546. The number of fused-ring (bicyclic) bond motifs is 3. The lowest BCUT2D eigenvalue weighted by molar-refractivity contribution is -0.137. The molecule has 0 saturated heterocycles. The zero-order valence-electron chi connectivity index (χ0n) is 15.6. The maximum Gasteiger partial charge on any atom is 0.304 e. The van der Waals surface area contributed by atoms with Crippen LogP contribution in [0.15, 0.2) is 40.4 Å². The Kier molecular flexibility index (Phi) is 5.10. The van der Waals surface area contributed by atoms with E-state index in [1.807, 2.05) is 12.4 Å². The summed E-state index contributed by atoms with van der Waals surface area (Å²) in [6.07, 6.45) is 4.61. The minimum atomic E-state index is -0.804. The normalized spacial score (nSPS) is 16.1. The average molecular weight is 419 g/mol. The fourth-order valence-corrected chi connectivity index (χ4v) is 5.49. The number of pyridine rings is 1. The molecular weight excluding hydrogens is 399 g/mol. The highest BCUT2D eigenvalue weighted by Crippen LogP contribution is 2.49. The van der Waals surface area contributed by atoms with Crippen molar-refractivity contribution in [1.82, 2.24) is 9.55 Å². The molecular formula is C21H20ClFN2O2S. The summed E-state index contributed by atoms with van der Waals surface area (Å²) < 4.78 is 15.7. The number of benzene rings is 1. The van der Waals surface area contributed by atoms with Gasteiger partial charge in [-0.15, -0.1) is 0 Å². The van der Waals surface area contributed by atoms with Crippen LogP contribution in [0.5, 0.6) is 0 Å². The first-order valence-corrected chi connectivity index (χ1v) is 10.4. The van der Waals surface area contributed by atoms with Crippen molar-refractivity contribution in [2.45, 2.75) is 54.9 Å². The largest absolute Gasteiger partial charge is 0.481 e. The molecule has 0 radical (unpaired) electrons. The van der Waals surface area contributed by atoms with Crippen LogP contribution in [0.25, 0.3) is 10.9 Å². The van der Waals surface area contributed by atoms with E-state index in [0.29, 0.717) is 5.02 Å². The van der Waals surface area contributed by atoms with Gasteiger partial charge < -0.3 is 9.67 Å². The predicted octanol–water partition coefficient (Wildman–Crippen LogP) is 6.07. The van der Waals surface area contributed by atoms with E-state index in [1.54, 1.807) is 6.07 Å². The molecule has 28 heavy (non-hydrogen) atoms. The van der Waals surface area contributed by atoms with Crippen LogP contribution < -0.4 is 0 Å². The predicted molar refractivity (Wildman–Crippen MR) is 109 cm³/mol. The molecule has 3 aromatic rings. The highest BCUT2D eigenvalue weighted by atomic mass is 35.5. The summed E-state index contributed by atoms with van der Waals surface area (Å²) in [4.78, 5) is 17.6. The van der Waals surface area contributed by atoms with E-state index in [0.717, 1.165) is 44.9 Å². The summed E-state index contributed by atoms with van der Waals surface area (Å²) in [5.74, 6) is -0.981. The lowest BCUT2D eigenvalue weighted by atomic mass is 9.97. The van der Waals surface area contributed by atoms with Crippen molar-refractivity contribution < 1.29 is 14.3 Å². The number of carboxylic acid groups (broad SMARTS) is 1. The highest BCUT2D eigenvalue weighted by molar-refractivity contribution is 7.99. The molecule has 0 fully saturated rings. The second-order valence-corrected chi connectivity index (χ2v) is 8.86. The third kappa shape index (κ3) is 3.29. The van der Waals surface area contributed by atoms with Crippen LogP contribution in [0.1, 0.15) is 49.8 Å². The van der Waals surface area contributed by atoms with E-state index in [4.69, 9.17) is 11.6 Å². The number of rotatable bonds is 5. The molecule has 4 rings (SSSR count). The van der Waals surface area contributed by atoms with Crippen LogP contribution in [0, 0.1) is 5.82 Å². The van der Waals surface area contributed by atoms with Gasteiger partial charge in [0, 0.05) is 39.5 Å². The van der Waals surface area contributed by atoms with Gasteiger partial charge in [0.25, 0.3) is 0 Å². The molecule has 2 aromatic heterocycles. The van der Waals surface area contributed by atoms with Crippen molar-refractivity contribution in [2.75, 3.05) is 0 Å². The summed E-state index contributed by atoms with van der Waals surface area (Å²) in [5, 5.41) is 10.8. The van der Waals surface area contributed by atoms with Gasteiger partial charge in [0.1, 0.15) is 5.82 Å².